The van der Waals surface area contributed by atoms with E-state index in [0.717, 1.165) is 31.5 Å². The summed E-state index contributed by atoms with van der Waals surface area (Å²) in [6.45, 7) is 2.42. The van der Waals surface area contributed by atoms with Crippen LogP contribution in [-0.4, -0.2) is 25.2 Å². The molecule has 3 N–H and O–H groups in total. The highest BCUT2D eigenvalue weighted by Crippen LogP contribution is 2.09. The van der Waals surface area contributed by atoms with Crippen LogP contribution < -0.4 is 16.0 Å². The number of hydrogen-bond donors (Lipinski definition) is 3. The van der Waals surface area contributed by atoms with Crippen LogP contribution in [0.1, 0.15) is 18.4 Å². The van der Waals surface area contributed by atoms with Gasteiger partial charge in [-0.1, -0.05) is 23.7 Å². The van der Waals surface area contributed by atoms with Crippen molar-refractivity contribution < 1.29 is 4.79 Å². The van der Waals surface area contributed by atoms with Crippen molar-refractivity contribution >= 4 is 17.6 Å². The first-order chi connectivity index (χ1) is 8.74. The lowest BCUT2D eigenvalue weighted by atomic mass is 10.1. The van der Waals surface area contributed by atoms with E-state index in [-0.39, 0.29) is 12.1 Å². The summed E-state index contributed by atoms with van der Waals surface area (Å²) in [5.41, 5.74) is 1.04. The van der Waals surface area contributed by atoms with Gasteiger partial charge < -0.3 is 16.0 Å². The fraction of sp³-hybridized carbons (Fsp3) is 0.462. The minimum absolute atomic E-state index is 0.112. The highest BCUT2D eigenvalue weighted by Gasteiger charge is 2.14. The number of hydrogen-bond acceptors (Lipinski definition) is 2. The van der Waals surface area contributed by atoms with Crippen molar-refractivity contribution in [3.8, 4) is 0 Å². The molecule has 0 saturated carbocycles. The van der Waals surface area contributed by atoms with Crippen LogP contribution in [0.3, 0.4) is 0 Å². The van der Waals surface area contributed by atoms with Crippen LogP contribution in [0.25, 0.3) is 0 Å². The molecule has 1 heterocycles. The summed E-state index contributed by atoms with van der Waals surface area (Å²) >= 11 is 5.80. The summed E-state index contributed by atoms with van der Waals surface area (Å²) in [4.78, 5) is 11.7. The second-order valence-electron chi connectivity index (χ2n) is 4.50. The molecule has 1 aliphatic heterocycles. The van der Waals surface area contributed by atoms with E-state index in [1.807, 2.05) is 24.3 Å². The number of nitrogens with one attached hydrogen (secondary N) is 3. The first-order valence-corrected chi connectivity index (χ1v) is 6.61. The Balaban J connectivity index is 1.72. The summed E-state index contributed by atoms with van der Waals surface area (Å²) in [7, 11) is 0. The maximum atomic E-state index is 11.7. The molecule has 1 unspecified atom stereocenters. The molecule has 18 heavy (non-hydrogen) atoms. The lowest BCUT2D eigenvalue weighted by molar-refractivity contribution is 0.233. The molecule has 0 radical (unpaired) electrons. The molecule has 0 aliphatic carbocycles. The van der Waals surface area contributed by atoms with Gasteiger partial charge in [-0.3, -0.25) is 0 Å². The van der Waals surface area contributed by atoms with Gasteiger partial charge in [0.25, 0.3) is 0 Å². The van der Waals surface area contributed by atoms with Gasteiger partial charge in [0.1, 0.15) is 0 Å². The lowest BCUT2D eigenvalue weighted by Gasteiger charge is -2.23. The summed E-state index contributed by atoms with van der Waals surface area (Å²) in [6, 6.07) is 7.58. The Morgan fingerprint density at radius 2 is 2.17 bits per heavy atom. The van der Waals surface area contributed by atoms with Crippen LogP contribution in [0.5, 0.6) is 0 Å². The highest BCUT2D eigenvalue weighted by molar-refractivity contribution is 6.30. The predicted octanol–water partition coefficient (Wildman–Crippen LogP) is 1.89. The summed E-state index contributed by atoms with van der Waals surface area (Å²) < 4.78 is 0. The van der Waals surface area contributed by atoms with Gasteiger partial charge in [0.2, 0.25) is 0 Å². The molecule has 1 aromatic rings. The predicted molar refractivity (Wildman–Crippen MR) is 72.7 cm³/mol. The number of halogens is 1. The van der Waals surface area contributed by atoms with Gasteiger partial charge in [-0.15, -0.1) is 0 Å². The van der Waals surface area contributed by atoms with E-state index in [2.05, 4.69) is 16.0 Å². The largest absolute Gasteiger partial charge is 0.334 e. The molecule has 2 rings (SSSR count). The molecule has 0 bridgehead atoms. The average molecular weight is 268 g/mol. The molecule has 0 spiro atoms. The van der Waals surface area contributed by atoms with Crippen LogP contribution in [-0.2, 0) is 6.54 Å². The molecule has 1 aliphatic rings. The minimum atomic E-state index is -0.112. The number of carbonyl (C=O) groups excluding carboxylic acids is 1. The van der Waals surface area contributed by atoms with Gasteiger partial charge in [-0.2, -0.15) is 0 Å². The van der Waals surface area contributed by atoms with E-state index < -0.39 is 0 Å². The molecule has 5 heteroatoms. The molecular formula is C13H18ClN3O. The Hall–Kier alpha value is -1.26. The second-order valence-corrected chi connectivity index (χ2v) is 4.93. The molecule has 1 aromatic carbocycles. The third-order valence-electron chi connectivity index (χ3n) is 3.00. The van der Waals surface area contributed by atoms with Crippen molar-refractivity contribution in [1.29, 1.82) is 0 Å². The van der Waals surface area contributed by atoms with Crippen LogP contribution in [0.15, 0.2) is 24.3 Å². The number of amides is 2. The molecule has 0 aromatic heterocycles. The summed E-state index contributed by atoms with van der Waals surface area (Å²) in [6.07, 6.45) is 2.16. The zero-order chi connectivity index (χ0) is 12.8. The average Bonchev–Trinajstić information content (AvgIpc) is 2.39. The molecular weight excluding hydrogens is 250 g/mol. The normalized spacial score (nSPS) is 19.3. The zero-order valence-electron chi connectivity index (χ0n) is 10.2. The third-order valence-corrected chi connectivity index (χ3v) is 3.25. The fourth-order valence-corrected chi connectivity index (χ4v) is 2.12. The van der Waals surface area contributed by atoms with E-state index in [9.17, 15) is 4.79 Å². The minimum Gasteiger partial charge on any atom is -0.334 e. The molecule has 2 amide bonds. The molecule has 1 saturated heterocycles. The van der Waals surface area contributed by atoms with E-state index in [4.69, 9.17) is 11.6 Å². The standard InChI is InChI=1S/C13H18ClN3O/c14-11-5-3-10(4-6-11)8-16-13(18)17-12-2-1-7-15-9-12/h3-6,12,15H,1-2,7-9H2,(H2,16,17,18). The fourth-order valence-electron chi connectivity index (χ4n) is 2.00. The maximum absolute atomic E-state index is 11.7. The van der Waals surface area contributed by atoms with Crippen LogP contribution in [0.2, 0.25) is 5.02 Å². The Morgan fingerprint density at radius 1 is 1.39 bits per heavy atom. The smallest absolute Gasteiger partial charge is 0.315 e. The third kappa shape index (κ3) is 4.20. The number of carbonyl (C=O) groups is 1. The van der Waals surface area contributed by atoms with Crippen molar-refractivity contribution in [3.63, 3.8) is 0 Å². The van der Waals surface area contributed by atoms with Gasteiger partial charge in [0.05, 0.1) is 0 Å². The van der Waals surface area contributed by atoms with Gasteiger partial charge in [-0.05, 0) is 37.1 Å². The molecule has 4 nitrogen and oxygen atoms in total. The number of benzene rings is 1. The SMILES string of the molecule is O=C(NCc1ccc(Cl)cc1)NC1CCCNC1. The zero-order valence-corrected chi connectivity index (χ0v) is 11.0. The number of urea groups is 1. The topological polar surface area (TPSA) is 53.2 Å². The Labute approximate surface area is 112 Å². The van der Waals surface area contributed by atoms with Crippen molar-refractivity contribution in [3.05, 3.63) is 34.9 Å². The van der Waals surface area contributed by atoms with Crippen molar-refractivity contribution in [1.82, 2.24) is 16.0 Å². The van der Waals surface area contributed by atoms with Gasteiger partial charge in [-0.25, -0.2) is 4.79 Å². The summed E-state index contributed by atoms with van der Waals surface area (Å²) in [5.74, 6) is 0. The first kappa shape index (κ1) is 13.2. The van der Waals surface area contributed by atoms with Gasteiger partial charge in [0, 0.05) is 24.2 Å². The highest BCUT2D eigenvalue weighted by atomic mass is 35.5. The van der Waals surface area contributed by atoms with Crippen molar-refractivity contribution in [2.24, 2.45) is 0 Å². The Morgan fingerprint density at radius 3 is 2.83 bits per heavy atom. The van der Waals surface area contributed by atoms with E-state index in [1.165, 1.54) is 0 Å². The monoisotopic (exact) mass is 267 g/mol. The maximum Gasteiger partial charge on any atom is 0.315 e. The quantitative estimate of drug-likeness (QED) is 0.783. The molecule has 98 valence electrons. The van der Waals surface area contributed by atoms with Gasteiger partial charge in [0.15, 0.2) is 0 Å². The van der Waals surface area contributed by atoms with Crippen molar-refractivity contribution in [2.75, 3.05) is 13.1 Å². The van der Waals surface area contributed by atoms with E-state index in [0.29, 0.717) is 11.6 Å². The van der Waals surface area contributed by atoms with Crippen LogP contribution in [0.4, 0.5) is 4.79 Å². The van der Waals surface area contributed by atoms with Crippen LogP contribution in [0, 0.1) is 0 Å². The van der Waals surface area contributed by atoms with Crippen molar-refractivity contribution in [2.45, 2.75) is 25.4 Å². The number of rotatable bonds is 3. The lowest BCUT2D eigenvalue weighted by Crippen LogP contribution is -2.48. The molecule has 1 fully saturated rings. The van der Waals surface area contributed by atoms with Crippen LogP contribution >= 0.6 is 11.6 Å². The number of piperidine rings is 1. The molecule has 1 atom stereocenters. The first-order valence-electron chi connectivity index (χ1n) is 6.23. The van der Waals surface area contributed by atoms with E-state index >= 15 is 0 Å². The second kappa shape index (κ2) is 6.61. The van der Waals surface area contributed by atoms with Gasteiger partial charge >= 0.3 is 6.03 Å². The summed E-state index contributed by atoms with van der Waals surface area (Å²) in [5, 5.41) is 9.77. The Bertz CT molecular complexity index is 388. The van der Waals surface area contributed by atoms with E-state index in [1.54, 1.807) is 0 Å². The Kier molecular flexibility index (Phi) is 4.84.